The van der Waals surface area contributed by atoms with Crippen LogP contribution in [0.2, 0.25) is 0 Å². The first-order valence-corrected chi connectivity index (χ1v) is 13.0. The summed E-state index contributed by atoms with van der Waals surface area (Å²) < 4.78 is 17.2. The van der Waals surface area contributed by atoms with Crippen molar-refractivity contribution in [3.8, 4) is 0 Å². The quantitative estimate of drug-likeness (QED) is 0.363. The van der Waals surface area contributed by atoms with Crippen LogP contribution in [-0.2, 0) is 28.6 Å². The fourth-order valence-corrected chi connectivity index (χ4v) is 9.33. The molecule has 0 radical (unpaired) electrons. The summed E-state index contributed by atoms with van der Waals surface area (Å²) in [6.07, 6.45) is -2.06. The van der Waals surface area contributed by atoms with Gasteiger partial charge in [0.05, 0.1) is 18.1 Å². The van der Waals surface area contributed by atoms with Gasteiger partial charge in [-0.25, -0.2) is 0 Å². The highest BCUT2D eigenvalue weighted by Crippen LogP contribution is 2.83. The van der Waals surface area contributed by atoms with Crippen LogP contribution in [0.4, 0.5) is 0 Å². The third-order valence-electron chi connectivity index (χ3n) is 10.6. The van der Waals surface area contributed by atoms with Crippen molar-refractivity contribution in [3.63, 3.8) is 0 Å². The highest BCUT2D eigenvalue weighted by Gasteiger charge is 2.87. The van der Waals surface area contributed by atoms with Gasteiger partial charge in [0.25, 0.3) is 0 Å². The molecule has 5 rings (SSSR count). The molecule has 9 heteroatoms. The van der Waals surface area contributed by atoms with Crippen LogP contribution in [0.1, 0.15) is 53.4 Å². The average molecular weight is 507 g/mol. The molecule has 4 aliphatic carbocycles. The van der Waals surface area contributed by atoms with Crippen molar-refractivity contribution in [2.45, 2.75) is 84.1 Å². The number of hydrogen-bond donors (Lipinski definition) is 3. The van der Waals surface area contributed by atoms with Crippen LogP contribution in [0.25, 0.3) is 0 Å². The topological polar surface area (TPSA) is 140 Å². The number of carbonyl (C=O) groups is 3. The van der Waals surface area contributed by atoms with Crippen molar-refractivity contribution in [1.29, 1.82) is 0 Å². The van der Waals surface area contributed by atoms with Gasteiger partial charge < -0.3 is 34.3 Å². The standard InChI is InChI=1S/C27H38O9/c1-12(2)18-19(29)17-9-25(10-28)16-7-6-13(3)15(16)8-26(17,27(18,25)24(32)33)11-35-23-21(31)20(30)22(34-5)14(4)36-23/h10,13-17,20-23,30-31H,6-9,11H2,1-5H3,(H,32,33). The third kappa shape index (κ3) is 2.81. The van der Waals surface area contributed by atoms with Crippen LogP contribution in [0, 0.1) is 39.9 Å². The second-order valence-electron chi connectivity index (χ2n) is 12.1. The summed E-state index contributed by atoms with van der Waals surface area (Å²) in [6, 6.07) is 0. The number of carboxylic acid groups (broad SMARTS) is 1. The number of methoxy groups -OCH3 is 1. The number of aldehydes is 1. The van der Waals surface area contributed by atoms with E-state index in [1.807, 2.05) is 0 Å². The van der Waals surface area contributed by atoms with Gasteiger partial charge in [0, 0.05) is 24.0 Å². The number of aliphatic hydroxyl groups excluding tert-OH is 2. The molecule has 1 heterocycles. The molecule has 12 atom stereocenters. The van der Waals surface area contributed by atoms with Gasteiger partial charge in [0.15, 0.2) is 12.1 Å². The Labute approximate surface area is 211 Å². The van der Waals surface area contributed by atoms with E-state index in [0.29, 0.717) is 17.9 Å². The van der Waals surface area contributed by atoms with Crippen LogP contribution in [-0.4, -0.2) is 77.8 Å². The molecule has 0 aromatic rings. The molecule has 5 aliphatic rings. The molecule has 0 amide bonds. The number of hydrogen-bond acceptors (Lipinski definition) is 8. The van der Waals surface area contributed by atoms with Crippen molar-refractivity contribution < 1.29 is 43.9 Å². The number of Topliss-reactive ketones (excluding diaryl/α,β-unsaturated/α-hetero) is 1. The van der Waals surface area contributed by atoms with Gasteiger partial charge in [-0.2, -0.15) is 0 Å². The summed E-state index contributed by atoms with van der Waals surface area (Å²) in [6.45, 7) is 7.15. The van der Waals surface area contributed by atoms with Crippen LogP contribution < -0.4 is 0 Å². The van der Waals surface area contributed by atoms with Crippen LogP contribution in [0.15, 0.2) is 11.1 Å². The van der Waals surface area contributed by atoms with Crippen molar-refractivity contribution in [3.05, 3.63) is 11.1 Å². The summed E-state index contributed by atoms with van der Waals surface area (Å²) in [5, 5.41) is 32.3. The number of fused-ring (bicyclic) bond motifs is 2. The van der Waals surface area contributed by atoms with E-state index in [9.17, 15) is 29.7 Å². The fourth-order valence-electron chi connectivity index (χ4n) is 9.33. The zero-order valence-electron chi connectivity index (χ0n) is 21.6. The smallest absolute Gasteiger partial charge is 0.315 e. The summed E-state index contributed by atoms with van der Waals surface area (Å²) in [5.74, 6) is -1.75. The molecule has 12 unspecified atom stereocenters. The van der Waals surface area contributed by atoms with Gasteiger partial charge in [-0.1, -0.05) is 18.9 Å². The summed E-state index contributed by atoms with van der Waals surface area (Å²) >= 11 is 0. The van der Waals surface area contributed by atoms with Crippen molar-refractivity contribution in [2.24, 2.45) is 39.9 Å². The van der Waals surface area contributed by atoms with E-state index in [0.717, 1.165) is 19.1 Å². The van der Waals surface area contributed by atoms with E-state index < -0.39 is 58.8 Å². The predicted molar refractivity (Wildman–Crippen MR) is 126 cm³/mol. The highest BCUT2D eigenvalue weighted by molar-refractivity contribution is 6.13. The minimum Gasteiger partial charge on any atom is -0.481 e. The molecule has 0 aromatic carbocycles. The second kappa shape index (κ2) is 8.43. The molecule has 0 spiro atoms. The summed E-state index contributed by atoms with van der Waals surface area (Å²) in [7, 11) is 1.42. The van der Waals surface area contributed by atoms with Gasteiger partial charge in [-0.15, -0.1) is 0 Å². The molecular formula is C27H38O9. The molecule has 4 saturated carbocycles. The lowest BCUT2D eigenvalue weighted by atomic mass is 9.43. The van der Waals surface area contributed by atoms with Crippen LogP contribution in [0.3, 0.4) is 0 Å². The summed E-state index contributed by atoms with van der Waals surface area (Å²) in [5.41, 5.74) is -3.19. The van der Waals surface area contributed by atoms with Gasteiger partial charge in [0.1, 0.15) is 30.0 Å². The maximum absolute atomic E-state index is 13.8. The van der Waals surface area contributed by atoms with Crippen molar-refractivity contribution in [1.82, 2.24) is 0 Å². The van der Waals surface area contributed by atoms with Gasteiger partial charge in [-0.3, -0.25) is 9.59 Å². The van der Waals surface area contributed by atoms with E-state index in [1.165, 1.54) is 7.11 Å². The summed E-state index contributed by atoms with van der Waals surface area (Å²) in [4.78, 5) is 40.3. The molecule has 200 valence electrons. The van der Waals surface area contributed by atoms with E-state index in [-0.39, 0.29) is 36.2 Å². The van der Waals surface area contributed by atoms with Gasteiger partial charge >= 0.3 is 5.97 Å². The zero-order valence-corrected chi connectivity index (χ0v) is 21.6. The molecular weight excluding hydrogens is 468 g/mol. The van der Waals surface area contributed by atoms with E-state index in [2.05, 4.69) is 6.92 Å². The molecule has 5 fully saturated rings. The Bertz CT molecular complexity index is 1000. The lowest BCUT2D eigenvalue weighted by Crippen LogP contribution is -2.64. The number of carboxylic acids is 1. The first-order valence-electron chi connectivity index (χ1n) is 13.0. The fraction of sp³-hybridized carbons (Fsp3) is 0.815. The number of aliphatic hydroxyl groups is 2. The van der Waals surface area contributed by atoms with Gasteiger partial charge in [-0.05, 0) is 57.8 Å². The molecule has 3 N–H and O–H groups in total. The Morgan fingerprint density at radius 2 is 1.86 bits per heavy atom. The maximum atomic E-state index is 13.8. The van der Waals surface area contributed by atoms with E-state index >= 15 is 0 Å². The first-order chi connectivity index (χ1) is 16.9. The third-order valence-corrected chi connectivity index (χ3v) is 10.6. The Hall–Kier alpha value is -1.65. The molecule has 36 heavy (non-hydrogen) atoms. The number of aliphatic carboxylic acids is 1. The monoisotopic (exact) mass is 506 g/mol. The molecule has 1 aliphatic heterocycles. The molecule has 9 nitrogen and oxygen atoms in total. The number of ether oxygens (including phenoxy) is 3. The van der Waals surface area contributed by atoms with Gasteiger partial charge in [0.2, 0.25) is 0 Å². The van der Waals surface area contributed by atoms with E-state index in [4.69, 9.17) is 14.2 Å². The van der Waals surface area contributed by atoms with Crippen molar-refractivity contribution >= 4 is 18.0 Å². The average Bonchev–Trinajstić information content (AvgIpc) is 3.35. The first kappa shape index (κ1) is 26.0. The lowest BCUT2D eigenvalue weighted by Gasteiger charge is -2.57. The van der Waals surface area contributed by atoms with Crippen molar-refractivity contribution in [2.75, 3.05) is 13.7 Å². The molecule has 0 aromatic heterocycles. The highest BCUT2D eigenvalue weighted by atomic mass is 16.7. The maximum Gasteiger partial charge on any atom is 0.315 e. The normalized spacial score (nSPS) is 51.4. The lowest BCUT2D eigenvalue weighted by molar-refractivity contribution is -0.306. The second-order valence-corrected chi connectivity index (χ2v) is 12.1. The largest absolute Gasteiger partial charge is 0.481 e. The SMILES string of the molecule is COC1C(C)OC(OCC23CC4C(C)CCC4C4(C=O)CC2C(=O)C(=C(C)C)C43C(=O)O)C(O)C1O. The minimum atomic E-state index is -1.70. The Kier molecular flexibility index (Phi) is 6.08. The number of allylic oxidation sites excluding steroid dienone is 1. The van der Waals surface area contributed by atoms with E-state index in [1.54, 1.807) is 20.8 Å². The Balaban J connectivity index is 1.62. The predicted octanol–water partition coefficient (Wildman–Crippen LogP) is 1.73. The van der Waals surface area contributed by atoms with Crippen LogP contribution >= 0.6 is 0 Å². The molecule has 1 saturated heterocycles. The number of rotatable bonds is 6. The Morgan fingerprint density at radius 1 is 1.17 bits per heavy atom. The zero-order chi connectivity index (χ0) is 26.4. The number of ketones is 1. The Morgan fingerprint density at radius 3 is 2.44 bits per heavy atom. The molecule has 4 bridgehead atoms. The number of carbonyl (C=O) groups excluding carboxylic acids is 2. The minimum absolute atomic E-state index is 0.0974. The van der Waals surface area contributed by atoms with Crippen LogP contribution in [0.5, 0.6) is 0 Å².